The molecule has 0 aliphatic carbocycles. The minimum Gasteiger partial charge on any atom is -0.372 e. The van der Waals surface area contributed by atoms with E-state index in [0.717, 1.165) is 17.1 Å². The molecule has 0 saturated carbocycles. The average molecular weight is 371 g/mol. The molecule has 0 amide bonds. The number of anilines is 3. The third-order valence-corrected chi connectivity index (χ3v) is 5.23. The normalized spacial score (nSPS) is 14.0. The molecule has 28 heavy (non-hydrogen) atoms. The fourth-order valence-corrected chi connectivity index (χ4v) is 3.56. The fraction of sp³-hybridized carbons (Fsp3) is 0.250. The Hall–Kier alpha value is -3.14. The van der Waals surface area contributed by atoms with Crippen molar-refractivity contribution < 1.29 is 0 Å². The summed E-state index contributed by atoms with van der Waals surface area (Å²) >= 11 is 0. The molecule has 3 aromatic carbocycles. The highest BCUT2D eigenvalue weighted by Crippen LogP contribution is 2.29. The lowest BCUT2D eigenvalue weighted by Crippen LogP contribution is -2.17. The van der Waals surface area contributed by atoms with Gasteiger partial charge in [-0.25, -0.2) is 0 Å². The summed E-state index contributed by atoms with van der Waals surface area (Å²) in [4.78, 5) is 4.65. The maximum Gasteiger partial charge on any atom is 0.0859 e. The van der Waals surface area contributed by atoms with Crippen LogP contribution in [0, 0.1) is 6.92 Å². The van der Waals surface area contributed by atoms with Crippen LogP contribution < -0.4 is 9.80 Å². The topological polar surface area (TPSA) is 31.2 Å². The van der Waals surface area contributed by atoms with Crippen LogP contribution in [0.3, 0.4) is 0 Å². The van der Waals surface area contributed by atoms with Gasteiger partial charge in [-0.05, 0) is 86.0 Å². The van der Waals surface area contributed by atoms with Gasteiger partial charge in [0.2, 0.25) is 0 Å². The predicted octanol–water partition coefficient (Wildman–Crippen LogP) is 6.78. The monoisotopic (exact) mass is 370 g/mol. The van der Waals surface area contributed by atoms with Crippen LogP contribution in [0.15, 0.2) is 83.0 Å². The number of azo groups is 1. The van der Waals surface area contributed by atoms with Crippen molar-refractivity contribution in [2.45, 2.75) is 19.8 Å². The molecule has 0 radical (unpaired) electrons. The molecular formula is C24H26N4. The lowest BCUT2D eigenvalue weighted by molar-refractivity contribution is 0.949. The highest BCUT2D eigenvalue weighted by atomic mass is 15.1. The van der Waals surface area contributed by atoms with Gasteiger partial charge in [0.05, 0.1) is 11.4 Å². The Morgan fingerprint density at radius 3 is 2.00 bits per heavy atom. The molecule has 0 N–H and O–H groups in total. The van der Waals surface area contributed by atoms with Gasteiger partial charge in [-0.2, -0.15) is 10.2 Å². The quantitative estimate of drug-likeness (QED) is 0.464. The van der Waals surface area contributed by atoms with Gasteiger partial charge in [0.1, 0.15) is 0 Å². The molecule has 1 fully saturated rings. The van der Waals surface area contributed by atoms with Crippen LogP contribution in [0.4, 0.5) is 28.4 Å². The van der Waals surface area contributed by atoms with Crippen molar-refractivity contribution in [3.05, 3.63) is 78.4 Å². The van der Waals surface area contributed by atoms with Gasteiger partial charge in [-0.15, -0.1) is 0 Å². The second-order valence-corrected chi connectivity index (χ2v) is 7.32. The van der Waals surface area contributed by atoms with Crippen LogP contribution in [0.5, 0.6) is 0 Å². The summed E-state index contributed by atoms with van der Waals surface area (Å²) in [6.45, 7) is 4.41. The van der Waals surface area contributed by atoms with Crippen molar-refractivity contribution in [1.82, 2.24) is 0 Å². The van der Waals surface area contributed by atoms with Crippen LogP contribution in [0.25, 0.3) is 0 Å². The maximum atomic E-state index is 4.35. The van der Waals surface area contributed by atoms with Crippen molar-refractivity contribution >= 4 is 28.4 Å². The Morgan fingerprint density at radius 2 is 1.36 bits per heavy atom. The number of nitrogens with zero attached hydrogens (tertiary/aromatic N) is 4. The summed E-state index contributed by atoms with van der Waals surface area (Å²) in [6.07, 6.45) is 2.60. The maximum absolute atomic E-state index is 4.35. The summed E-state index contributed by atoms with van der Waals surface area (Å²) < 4.78 is 0. The Balaban J connectivity index is 1.44. The molecule has 1 saturated heterocycles. The first-order valence-electron chi connectivity index (χ1n) is 9.86. The Labute approximate surface area is 167 Å². The van der Waals surface area contributed by atoms with Crippen molar-refractivity contribution in [3.8, 4) is 0 Å². The van der Waals surface area contributed by atoms with Crippen LogP contribution in [0.1, 0.15) is 18.4 Å². The van der Waals surface area contributed by atoms with E-state index in [-0.39, 0.29) is 0 Å². The first-order chi connectivity index (χ1) is 13.7. The molecule has 0 aromatic heterocycles. The third kappa shape index (κ3) is 4.22. The van der Waals surface area contributed by atoms with Gasteiger partial charge in [0.15, 0.2) is 0 Å². The van der Waals surface area contributed by atoms with E-state index in [1.165, 1.54) is 42.9 Å². The molecule has 4 heteroatoms. The zero-order chi connectivity index (χ0) is 19.3. The Morgan fingerprint density at radius 1 is 0.750 bits per heavy atom. The van der Waals surface area contributed by atoms with Gasteiger partial charge in [-0.3, -0.25) is 0 Å². The van der Waals surface area contributed by atoms with Crippen LogP contribution in [-0.2, 0) is 0 Å². The second kappa shape index (κ2) is 8.26. The molecule has 4 nitrogen and oxygen atoms in total. The van der Waals surface area contributed by atoms with E-state index in [4.69, 9.17) is 0 Å². The molecule has 3 aromatic rings. The molecule has 1 aliphatic heterocycles. The minimum absolute atomic E-state index is 0.850. The minimum atomic E-state index is 0.850. The fourth-order valence-electron chi connectivity index (χ4n) is 3.56. The van der Waals surface area contributed by atoms with E-state index >= 15 is 0 Å². The van der Waals surface area contributed by atoms with Gasteiger partial charge >= 0.3 is 0 Å². The molecular weight excluding hydrogens is 344 g/mol. The van der Waals surface area contributed by atoms with Crippen LogP contribution >= 0.6 is 0 Å². The lowest BCUT2D eigenvalue weighted by Gasteiger charge is -2.22. The zero-order valence-corrected chi connectivity index (χ0v) is 16.5. The number of rotatable bonds is 5. The van der Waals surface area contributed by atoms with Crippen LogP contribution in [-0.4, -0.2) is 20.1 Å². The molecule has 0 unspecified atom stereocenters. The second-order valence-electron chi connectivity index (χ2n) is 7.32. The van der Waals surface area contributed by atoms with Crippen molar-refractivity contribution in [3.63, 3.8) is 0 Å². The Kier molecular flexibility index (Phi) is 5.38. The van der Waals surface area contributed by atoms with Gasteiger partial charge < -0.3 is 9.80 Å². The predicted molar refractivity (Wildman–Crippen MR) is 118 cm³/mol. The SMILES string of the molecule is Cc1cccc(N=Nc2ccc(N(C)c3ccc(N4CCCC4)cc3)cc2)c1. The first-order valence-corrected chi connectivity index (χ1v) is 9.86. The zero-order valence-electron chi connectivity index (χ0n) is 16.5. The van der Waals surface area contributed by atoms with Crippen molar-refractivity contribution in [1.29, 1.82) is 0 Å². The van der Waals surface area contributed by atoms with E-state index in [2.05, 4.69) is 76.5 Å². The summed E-state index contributed by atoms with van der Waals surface area (Å²) in [5, 5.41) is 8.67. The Bertz CT molecular complexity index is 939. The highest BCUT2D eigenvalue weighted by molar-refractivity contribution is 5.66. The molecule has 1 heterocycles. The highest BCUT2D eigenvalue weighted by Gasteiger charge is 2.12. The third-order valence-electron chi connectivity index (χ3n) is 5.23. The van der Waals surface area contributed by atoms with Crippen molar-refractivity contribution in [2.75, 3.05) is 29.9 Å². The molecule has 0 spiro atoms. The average Bonchev–Trinajstić information content (AvgIpc) is 3.27. The molecule has 0 bridgehead atoms. The molecule has 4 rings (SSSR count). The lowest BCUT2D eigenvalue weighted by atomic mass is 10.2. The number of aryl methyl sites for hydroxylation is 1. The first kappa shape index (κ1) is 18.2. The number of hydrogen-bond donors (Lipinski definition) is 0. The standard InChI is InChI=1S/C24H26N4/c1-19-6-5-7-21(18-19)26-25-20-8-10-22(11-9-20)27(2)23-12-14-24(15-13-23)28-16-3-4-17-28/h5-15,18H,3-4,16-17H2,1-2H3. The van der Waals surface area contributed by atoms with Gasteiger partial charge in [0, 0.05) is 37.2 Å². The van der Waals surface area contributed by atoms with E-state index in [1.807, 2.05) is 30.3 Å². The largest absolute Gasteiger partial charge is 0.372 e. The number of benzene rings is 3. The molecule has 0 atom stereocenters. The summed E-state index contributed by atoms with van der Waals surface area (Å²) in [7, 11) is 2.09. The van der Waals surface area contributed by atoms with E-state index < -0.39 is 0 Å². The van der Waals surface area contributed by atoms with E-state index in [0.29, 0.717) is 0 Å². The number of hydrogen-bond acceptors (Lipinski definition) is 4. The molecule has 1 aliphatic rings. The molecule has 142 valence electrons. The van der Waals surface area contributed by atoms with E-state index in [1.54, 1.807) is 0 Å². The van der Waals surface area contributed by atoms with Gasteiger partial charge in [0.25, 0.3) is 0 Å². The summed E-state index contributed by atoms with van der Waals surface area (Å²) in [5.41, 5.74) is 6.54. The summed E-state index contributed by atoms with van der Waals surface area (Å²) in [6, 6.07) is 25.0. The smallest absolute Gasteiger partial charge is 0.0859 e. The van der Waals surface area contributed by atoms with E-state index in [9.17, 15) is 0 Å². The summed E-state index contributed by atoms with van der Waals surface area (Å²) in [5.74, 6) is 0. The van der Waals surface area contributed by atoms with Gasteiger partial charge in [-0.1, -0.05) is 12.1 Å². The van der Waals surface area contributed by atoms with Crippen molar-refractivity contribution in [2.24, 2.45) is 10.2 Å². The van der Waals surface area contributed by atoms with Crippen LogP contribution in [0.2, 0.25) is 0 Å².